The SMILES string of the molecule is COC(=O)c1ccc2c(c1)C(C)(C)CCC2NCC1CC1. The number of methoxy groups -OCH3 is 1. The molecule has 3 nitrogen and oxygen atoms in total. The number of fused-ring (bicyclic) bond motifs is 1. The third kappa shape index (κ3) is 2.98. The van der Waals surface area contributed by atoms with Gasteiger partial charge >= 0.3 is 5.97 Å². The molecule has 114 valence electrons. The van der Waals surface area contributed by atoms with Crippen LogP contribution in [0.2, 0.25) is 0 Å². The van der Waals surface area contributed by atoms with Crippen molar-refractivity contribution in [1.29, 1.82) is 0 Å². The van der Waals surface area contributed by atoms with Crippen LogP contribution in [0, 0.1) is 5.92 Å². The van der Waals surface area contributed by atoms with E-state index in [1.54, 1.807) is 0 Å². The Bertz CT molecular complexity index is 546. The molecule has 0 heterocycles. The highest BCUT2D eigenvalue weighted by molar-refractivity contribution is 5.89. The lowest BCUT2D eigenvalue weighted by molar-refractivity contribution is 0.0600. The Morgan fingerprint density at radius 2 is 2.10 bits per heavy atom. The van der Waals surface area contributed by atoms with Crippen LogP contribution in [0.1, 0.15) is 67.1 Å². The van der Waals surface area contributed by atoms with E-state index in [1.807, 2.05) is 12.1 Å². The first kappa shape index (κ1) is 14.6. The smallest absolute Gasteiger partial charge is 0.337 e. The minimum atomic E-state index is -0.248. The summed E-state index contributed by atoms with van der Waals surface area (Å²) >= 11 is 0. The summed E-state index contributed by atoms with van der Waals surface area (Å²) in [7, 11) is 1.44. The van der Waals surface area contributed by atoms with Gasteiger partial charge in [-0.1, -0.05) is 19.9 Å². The molecule has 2 aliphatic rings. The number of carbonyl (C=O) groups excluding carboxylic acids is 1. The van der Waals surface area contributed by atoms with E-state index in [1.165, 1.54) is 37.5 Å². The molecule has 1 fully saturated rings. The number of hydrogen-bond donors (Lipinski definition) is 1. The van der Waals surface area contributed by atoms with Crippen molar-refractivity contribution in [2.45, 2.75) is 51.0 Å². The van der Waals surface area contributed by atoms with Crippen LogP contribution in [0.25, 0.3) is 0 Å². The van der Waals surface area contributed by atoms with Crippen molar-refractivity contribution in [3.05, 3.63) is 34.9 Å². The molecule has 2 aliphatic carbocycles. The summed E-state index contributed by atoms with van der Waals surface area (Å²) in [6, 6.07) is 6.48. The highest BCUT2D eigenvalue weighted by Crippen LogP contribution is 2.42. The van der Waals surface area contributed by atoms with Crippen LogP contribution in [0.3, 0.4) is 0 Å². The molecule has 1 N–H and O–H groups in total. The fourth-order valence-corrected chi connectivity index (χ4v) is 3.33. The number of ether oxygens (including phenoxy) is 1. The molecule has 3 heteroatoms. The van der Waals surface area contributed by atoms with Gasteiger partial charge in [0.25, 0.3) is 0 Å². The first-order valence-electron chi connectivity index (χ1n) is 7.97. The number of benzene rings is 1. The van der Waals surface area contributed by atoms with Crippen molar-refractivity contribution in [3.63, 3.8) is 0 Å². The van der Waals surface area contributed by atoms with Crippen LogP contribution in [-0.2, 0) is 10.2 Å². The normalized spacial score (nSPS) is 23.5. The minimum Gasteiger partial charge on any atom is -0.465 e. The molecule has 0 radical (unpaired) electrons. The van der Waals surface area contributed by atoms with Gasteiger partial charge in [0.1, 0.15) is 0 Å². The monoisotopic (exact) mass is 287 g/mol. The molecule has 0 aromatic heterocycles. The molecule has 0 amide bonds. The second-order valence-electron chi connectivity index (χ2n) is 7.12. The van der Waals surface area contributed by atoms with Gasteiger partial charge in [-0.25, -0.2) is 4.79 Å². The zero-order chi connectivity index (χ0) is 15.0. The first-order chi connectivity index (χ1) is 10.0. The number of nitrogens with one attached hydrogen (secondary N) is 1. The summed E-state index contributed by atoms with van der Waals surface area (Å²) in [5.74, 6) is 0.638. The van der Waals surface area contributed by atoms with Crippen molar-refractivity contribution in [3.8, 4) is 0 Å². The Balaban J connectivity index is 1.89. The van der Waals surface area contributed by atoms with E-state index >= 15 is 0 Å². The maximum Gasteiger partial charge on any atom is 0.337 e. The van der Waals surface area contributed by atoms with Crippen LogP contribution in [0.4, 0.5) is 0 Å². The molecule has 0 spiro atoms. The Labute approximate surface area is 127 Å². The van der Waals surface area contributed by atoms with Gasteiger partial charge in [0, 0.05) is 6.04 Å². The average molecular weight is 287 g/mol. The van der Waals surface area contributed by atoms with Crippen LogP contribution >= 0.6 is 0 Å². The summed E-state index contributed by atoms with van der Waals surface area (Å²) in [5, 5.41) is 3.72. The average Bonchev–Trinajstić information content (AvgIpc) is 3.29. The Hall–Kier alpha value is -1.35. The fourth-order valence-electron chi connectivity index (χ4n) is 3.33. The standard InChI is InChI=1S/C18H25NO2/c1-18(2)9-8-16(19-11-12-4-5-12)14-7-6-13(10-15(14)18)17(20)21-3/h6-7,10,12,16,19H,4-5,8-9,11H2,1-3H3. The minimum absolute atomic E-state index is 0.122. The van der Waals surface area contributed by atoms with Crippen molar-refractivity contribution in [1.82, 2.24) is 5.32 Å². The Kier molecular flexibility index (Phi) is 3.78. The zero-order valence-electron chi connectivity index (χ0n) is 13.2. The van der Waals surface area contributed by atoms with Gasteiger partial charge in [0.05, 0.1) is 12.7 Å². The van der Waals surface area contributed by atoms with Gasteiger partial charge in [0.2, 0.25) is 0 Å². The van der Waals surface area contributed by atoms with E-state index in [9.17, 15) is 4.79 Å². The summed E-state index contributed by atoms with van der Waals surface area (Å²) in [5.41, 5.74) is 3.44. The second kappa shape index (κ2) is 5.45. The van der Waals surface area contributed by atoms with Crippen molar-refractivity contribution in [2.24, 2.45) is 5.92 Å². The second-order valence-corrected chi connectivity index (χ2v) is 7.12. The first-order valence-corrected chi connectivity index (χ1v) is 7.97. The van der Waals surface area contributed by atoms with E-state index in [0.717, 1.165) is 18.9 Å². The molecule has 1 atom stereocenters. The zero-order valence-corrected chi connectivity index (χ0v) is 13.2. The predicted molar refractivity (Wildman–Crippen MR) is 83.5 cm³/mol. The quantitative estimate of drug-likeness (QED) is 0.860. The maximum absolute atomic E-state index is 11.8. The molecule has 0 bridgehead atoms. The highest BCUT2D eigenvalue weighted by Gasteiger charge is 2.34. The molecule has 1 aromatic carbocycles. The van der Waals surface area contributed by atoms with Crippen LogP contribution < -0.4 is 5.32 Å². The van der Waals surface area contributed by atoms with Gasteiger partial charge in [-0.15, -0.1) is 0 Å². The lowest BCUT2D eigenvalue weighted by atomic mass is 9.70. The van der Waals surface area contributed by atoms with E-state index in [0.29, 0.717) is 11.6 Å². The van der Waals surface area contributed by atoms with E-state index < -0.39 is 0 Å². The molecular formula is C18H25NO2. The lowest BCUT2D eigenvalue weighted by Crippen LogP contribution is -2.33. The molecule has 3 rings (SSSR count). The molecule has 1 aromatic rings. The van der Waals surface area contributed by atoms with Crippen molar-refractivity contribution >= 4 is 5.97 Å². The molecule has 21 heavy (non-hydrogen) atoms. The lowest BCUT2D eigenvalue weighted by Gasteiger charge is -2.38. The molecule has 1 unspecified atom stereocenters. The summed E-state index contributed by atoms with van der Waals surface area (Å²) in [6.45, 7) is 5.66. The fraction of sp³-hybridized carbons (Fsp3) is 0.611. The van der Waals surface area contributed by atoms with Crippen molar-refractivity contribution in [2.75, 3.05) is 13.7 Å². The van der Waals surface area contributed by atoms with Crippen molar-refractivity contribution < 1.29 is 9.53 Å². The van der Waals surface area contributed by atoms with Crippen LogP contribution in [0.5, 0.6) is 0 Å². The topological polar surface area (TPSA) is 38.3 Å². The molecule has 1 saturated carbocycles. The number of rotatable bonds is 4. The van der Waals surface area contributed by atoms with Crippen LogP contribution in [-0.4, -0.2) is 19.6 Å². The molecule has 0 aliphatic heterocycles. The van der Waals surface area contributed by atoms with Gasteiger partial charge in [-0.3, -0.25) is 0 Å². The van der Waals surface area contributed by atoms with Gasteiger partial charge in [0.15, 0.2) is 0 Å². The number of carbonyl (C=O) groups is 1. The van der Waals surface area contributed by atoms with Gasteiger partial charge < -0.3 is 10.1 Å². The van der Waals surface area contributed by atoms with Gasteiger partial charge in [-0.2, -0.15) is 0 Å². The summed E-state index contributed by atoms with van der Waals surface area (Å²) in [6.07, 6.45) is 5.07. The van der Waals surface area contributed by atoms with E-state index in [-0.39, 0.29) is 11.4 Å². The third-order valence-corrected chi connectivity index (χ3v) is 4.99. The number of esters is 1. The predicted octanol–water partition coefficient (Wildman–Crippen LogP) is 3.59. The van der Waals surface area contributed by atoms with E-state index in [2.05, 4.69) is 25.2 Å². The van der Waals surface area contributed by atoms with Crippen LogP contribution in [0.15, 0.2) is 18.2 Å². The largest absolute Gasteiger partial charge is 0.465 e. The Morgan fingerprint density at radius 3 is 2.76 bits per heavy atom. The maximum atomic E-state index is 11.8. The molecular weight excluding hydrogens is 262 g/mol. The van der Waals surface area contributed by atoms with E-state index in [4.69, 9.17) is 4.74 Å². The summed E-state index contributed by atoms with van der Waals surface area (Å²) < 4.78 is 4.85. The Morgan fingerprint density at radius 1 is 1.33 bits per heavy atom. The third-order valence-electron chi connectivity index (χ3n) is 4.99. The molecule has 0 saturated heterocycles. The highest BCUT2D eigenvalue weighted by atomic mass is 16.5. The summed E-state index contributed by atoms with van der Waals surface area (Å²) in [4.78, 5) is 11.8. The number of hydrogen-bond acceptors (Lipinski definition) is 3. The van der Waals surface area contributed by atoms with Gasteiger partial charge in [-0.05, 0) is 66.8 Å².